The molecule has 0 radical (unpaired) electrons. The molecule has 1 aliphatic heterocycles. The monoisotopic (exact) mass is 235 g/mol. The summed E-state index contributed by atoms with van der Waals surface area (Å²) < 4.78 is 0. The molecule has 0 bridgehead atoms. The second kappa shape index (κ2) is 6.12. The van der Waals surface area contributed by atoms with E-state index in [1.165, 1.54) is 5.56 Å². The molecule has 1 atom stereocenters. The van der Waals surface area contributed by atoms with Gasteiger partial charge in [0.15, 0.2) is 0 Å². The van der Waals surface area contributed by atoms with Gasteiger partial charge >= 0.3 is 0 Å². The fraction of sp³-hybridized carbons (Fsp3) is 0.538. The van der Waals surface area contributed by atoms with E-state index in [9.17, 15) is 5.11 Å². The Morgan fingerprint density at radius 2 is 1.88 bits per heavy atom. The van der Waals surface area contributed by atoms with Crippen LogP contribution < -0.4 is 11.1 Å². The molecule has 2 rings (SSSR count). The lowest BCUT2D eigenvalue weighted by Gasteiger charge is -2.27. The van der Waals surface area contributed by atoms with Crippen LogP contribution in [0.15, 0.2) is 24.3 Å². The number of nitrogens with two attached hydrogens (primary N) is 1. The van der Waals surface area contributed by atoms with Crippen molar-refractivity contribution < 1.29 is 5.11 Å². The topological polar surface area (TPSA) is 61.5 Å². The summed E-state index contributed by atoms with van der Waals surface area (Å²) in [5.41, 5.74) is 7.62. The summed E-state index contributed by atoms with van der Waals surface area (Å²) in [6.45, 7) is 5.62. The standard InChI is InChI=1S/C13H21N3O/c14-9-13(17)12-3-1-11(2-4-12)10-16-7-5-15-6-8-16/h1-4,13,15,17H,5-10,14H2. The van der Waals surface area contributed by atoms with Crippen LogP contribution in [-0.2, 0) is 6.54 Å². The third-order valence-corrected chi connectivity index (χ3v) is 3.20. The summed E-state index contributed by atoms with van der Waals surface area (Å²) in [7, 11) is 0. The molecule has 0 aromatic heterocycles. The van der Waals surface area contributed by atoms with E-state index in [1.54, 1.807) is 0 Å². The third-order valence-electron chi connectivity index (χ3n) is 3.20. The Hall–Kier alpha value is -0.940. The van der Waals surface area contributed by atoms with E-state index in [0.29, 0.717) is 0 Å². The van der Waals surface area contributed by atoms with Crippen molar-refractivity contribution in [1.29, 1.82) is 0 Å². The number of hydrogen-bond acceptors (Lipinski definition) is 4. The van der Waals surface area contributed by atoms with Crippen LogP contribution in [0, 0.1) is 0 Å². The van der Waals surface area contributed by atoms with Crippen molar-refractivity contribution in [2.75, 3.05) is 32.7 Å². The first-order chi connectivity index (χ1) is 8.29. The zero-order valence-electron chi connectivity index (χ0n) is 10.1. The normalized spacial score (nSPS) is 19.2. The van der Waals surface area contributed by atoms with Gasteiger partial charge in [-0.1, -0.05) is 24.3 Å². The van der Waals surface area contributed by atoms with E-state index in [-0.39, 0.29) is 6.54 Å². The van der Waals surface area contributed by atoms with Gasteiger partial charge in [-0.15, -0.1) is 0 Å². The lowest BCUT2D eigenvalue weighted by atomic mass is 10.1. The number of aliphatic hydroxyl groups excluding tert-OH is 1. The Balaban J connectivity index is 1.93. The molecule has 0 amide bonds. The van der Waals surface area contributed by atoms with Gasteiger partial charge in [-0.25, -0.2) is 0 Å². The molecule has 0 spiro atoms. The fourth-order valence-corrected chi connectivity index (χ4v) is 2.11. The highest BCUT2D eigenvalue weighted by Crippen LogP contribution is 2.13. The average molecular weight is 235 g/mol. The highest BCUT2D eigenvalue weighted by Gasteiger charge is 2.10. The minimum absolute atomic E-state index is 0.275. The van der Waals surface area contributed by atoms with E-state index in [4.69, 9.17) is 5.73 Å². The Bertz CT molecular complexity index is 333. The maximum atomic E-state index is 9.60. The zero-order valence-corrected chi connectivity index (χ0v) is 10.1. The quantitative estimate of drug-likeness (QED) is 0.692. The summed E-state index contributed by atoms with van der Waals surface area (Å²) in [5, 5.41) is 12.9. The van der Waals surface area contributed by atoms with Crippen LogP contribution >= 0.6 is 0 Å². The molecule has 1 fully saturated rings. The molecule has 1 unspecified atom stereocenters. The number of hydrogen-bond donors (Lipinski definition) is 3. The molecule has 1 aromatic carbocycles. The molecule has 1 aromatic rings. The lowest BCUT2D eigenvalue weighted by Crippen LogP contribution is -2.42. The number of nitrogens with one attached hydrogen (secondary N) is 1. The summed E-state index contributed by atoms with van der Waals surface area (Å²) >= 11 is 0. The van der Waals surface area contributed by atoms with E-state index < -0.39 is 6.10 Å². The van der Waals surface area contributed by atoms with Crippen LogP contribution in [-0.4, -0.2) is 42.7 Å². The average Bonchev–Trinajstić information content (AvgIpc) is 2.40. The molecule has 17 heavy (non-hydrogen) atoms. The molecule has 0 saturated carbocycles. The van der Waals surface area contributed by atoms with Gasteiger partial charge < -0.3 is 16.2 Å². The minimum Gasteiger partial charge on any atom is -0.387 e. The van der Waals surface area contributed by atoms with Crippen molar-refractivity contribution in [3.63, 3.8) is 0 Å². The second-order valence-corrected chi connectivity index (χ2v) is 4.52. The van der Waals surface area contributed by atoms with E-state index in [0.717, 1.165) is 38.3 Å². The Morgan fingerprint density at radius 3 is 2.47 bits per heavy atom. The highest BCUT2D eigenvalue weighted by molar-refractivity contribution is 5.24. The maximum Gasteiger partial charge on any atom is 0.0912 e. The Labute approximate surface area is 102 Å². The number of nitrogens with zero attached hydrogens (tertiary/aromatic N) is 1. The molecular weight excluding hydrogens is 214 g/mol. The third kappa shape index (κ3) is 3.51. The lowest BCUT2D eigenvalue weighted by molar-refractivity contribution is 0.186. The molecule has 4 nitrogen and oxygen atoms in total. The SMILES string of the molecule is NCC(O)c1ccc(CN2CCNCC2)cc1. The largest absolute Gasteiger partial charge is 0.387 e. The summed E-state index contributed by atoms with van der Waals surface area (Å²) in [6.07, 6.45) is -0.539. The number of piperazine rings is 1. The number of rotatable bonds is 4. The molecule has 1 aliphatic rings. The van der Waals surface area contributed by atoms with Crippen LogP contribution in [0.1, 0.15) is 17.2 Å². The molecule has 4 heteroatoms. The molecule has 0 aliphatic carbocycles. The van der Waals surface area contributed by atoms with Gasteiger partial charge in [0, 0.05) is 39.3 Å². The summed E-state index contributed by atoms with van der Waals surface area (Å²) in [6, 6.07) is 8.09. The van der Waals surface area contributed by atoms with Gasteiger partial charge in [-0.3, -0.25) is 4.90 Å². The van der Waals surface area contributed by atoms with Crippen molar-refractivity contribution in [1.82, 2.24) is 10.2 Å². The predicted molar refractivity (Wildman–Crippen MR) is 68.6 cm³/mol. The van der Waals surface area contributed by atoms with E-state index in [1.807, 2.05) is 12.1 Å². The van der Waals surface area contributed by atoms with Crippen molar-refractivity contribution >= 4 is 0 Å². The molecular formula is C13H21N3O. The maximum absolute atomic E-state index is 9.60. The highest BCUT2D eigenvalue weighted by atomic mass is 16.3. The van der Waals surface area contributed by atoms with Gasteiger partial charge in [0.2, 0.25) is 0 Å². The Kier molecular flexibility index (Phi) is 4.50. The van der Waals surface area contributed by atoms with Crippen LogP contribution in [0.3, 0.4) is 0 Å². The van der Waals surface area contributed by atoms with Crippen molar-refractivity contribution in [2.24, 2.45) is 5.73 Å². The smallest absolute Gasteiger partial charge is 0.0912 e. The van der Waals surface area contributed by atoms with Gasteiger partial charge in [-0.2, -0.15) is 0 Å². The van der Waals surface area contributed by atoms with Crippen LogP contribution in [0.2, 0.25) is 0 Å². The van der Waals surface area contributed by atoms with Crippen molar-refractivity contribution in [3.8, 4) is 0 Å². The zero-order chi connectivity index (χ0) is 12.1. The van der Waals surface area contributed by atoms with Crippen molar-refractivity contribution in [2.45, 2.75) is 12.6 Å². The molecule has 1 saturated heterocycles. The Morgan fingerprint density at radius 1 is 1.24 bits per heavy atom. The summed E-state index contributed by atoms with van der Waals surface area (Å²) in [4.78, 5) is 2.44. The van der Waals surface area contributed by atoms with E-state index >= 15 is 0 Å². The van der Waals surface area contributed by atoms with Crippen LogP contribution in [0.5, 0.6) is 0 Å². The number of benzene rings is 1. The van der Waals surface area contributed by atoms with E-state index in [2.05, 4.69) is 22.3 Å². The van der Waals surface area contributed by atoms with Crippen LogP contribution in [0.4, 0.5) is 0 Å². The molecule has 4 N–H and O–H groups in total. The first-order valence-electron chi connectivity index (χ1n) is 6.19. The first kappa shape index (κ1) is 12.5. The predicted octanol–water partition coefficient (Wildman–Crippen LogP) is 0.0839. The van der Waals surface area contributed by atoms with Gasteiger partial charge in [0.05, 0.1) is 6.10 Å². The van der Waals surface area contributed by atoms with Gasteiger partial charge in [0.25, 0.3) is 0 Å². The van der Waals surface area contributed by atoms with Crippen LogP contribution in [0.25, 0.3) is 0 Å². The van der Waals surface area contributed by atoms with Gasteiger partial charge in [-0.05, 0) is 11.1 Å². The fourth-order valence-electron chi connectivity index (χ4n) is 2.11. The van der Waals surface area contributed by atoms with Crippen molar-refractivity contribution in [3.05, 3.63) is 35.4 Å². The number of aliphatic hydroxyl groups is 1. The summed E-state index contributed by atoms with van der Waals surface area (Å²) in [5.74, 6) is 0. The molecule has 1 heterocycles. The van der Waals surface area contributed by atoms with Gasteiger partial charge in [0.1, 0.15) is 0 Å². The second-order valence-electron chi connectivity index (χ2n) is 4.52. The first-order valence-corrected chi connectivity index (χ1v) is 6.19. The molecule has 94 valence electrons. The minimum atomic E-state index is -0.539.